The maximum absolute atomic E-state index is 13.5. The first-order valence-corrected chi connectivity index (χ1v) is 11.0. The van der Waals surface area contributed by atoms with E-state index < -0.39 is 11.8 Å². The minimum atomic E-state index is -0.663. The number of rotatable bonds is 6. The van der Waals surface area contributed by atoms with Gasteiger partial charge in [0.25, 0.3) is 0 Å². The van der Waals surface area contributed by atoms with E-state index in [1.165, 1.54) is 0 Å². The Morgan fingerprint density at radius 3 is 2.50 bits per heavy atom. The van der Waals surface area contributed by atoms with Gasteiger partial charge in [0.05, 0.1) is 13.7 Å². The van der Waals surface area contributed by atoms with Gasteiger partial charge < -0.3 is 14.8 Å². The summed E-state index contributed by atoms with van der Waals surface area (Å²) in [4.78, 5) is 30.6. The molecule has 1 aliphatic carbocycles. The number of pyridine rings is 1. The van der Waals surface area contributed by atoms with E-state index >= 15 is 0 Å². The summed E-state index contributed by atoms with van der Waals surface area (Å²) in [5.41, 5.74) is 4.02. The van der Waals surface area contributed by atoms with Crippen LogP contribution in [0, 0.1) is 5.92 Å². The molecule has 1 N–H and O–H groups in total. The second kappa shape index (κ2) is 9.39. The lowest BCUT2D eigenvalue weighted by molar-refractivity contribution is -0.148. The van der Waals surface area contributed by atoms with E-state index in [0.29, 0.717) is 30.7 Å². The maximum atomic E-state index is 13.5. The van der Waals surface area contributed by atoms with Gasteiger partial charge in [-0.25, -0.2) is 0 Å². The lowest BCUT2D eigenvalue weighted by Gasteiger charge is -2.40. The van der Waals surface area contributed by atoms with Gasteiger partial charge in [-0.15, -0.1) is 0 Å². The van der Waals surface area contributed by atoms with Gasteiger partial charge in [0.1, 0.15) is 11.7 Å². The number of carbonyl (C=O) groups excluding carboxylic acids is 2. The molecular weight excluding hydrogens is 404 g/mol. The van der Waals surface area contributed by atoms with Crippen LogP contribution in [0.2, 0.25) is 0 Å². The number of nitrogens with zero attached hydrogens (tertiary/aromatic N) is 1. The van der Waals surface area contributed by atoms with Gasteiger partial charge in [-0.2, -0.15) is 0 Å². The highest BCUT2D eigenvalue weighted by Gasteiger charge is 2.45. The zero-order valence-corrected chi connectivity index (χ0v) is 18.5. The molecule has 1 aromatic heterocycles. The Morgan fingerprint density at radius 2 is 1.84 bits per heavy atom. The fraction of sp³-hybridized carbons (Fsp3) is 0.346. The Balaban J connectivity index is 1.72. The van der Waals surface area contributed by atoms with Gasteiger partial charge in [-0.05, 0) is 54.2 Å². The van der Waals surface area contributed by atoms with Crippen molar-refractivity contribution in [3.63, 3.8) is 0 Å². The minimum absolute atomic E-state index is 0.0437. The van der Waals surface area contributed by atoms with Gasteiger partial charge in [-0.3, -0.25) is 14.6 Å². The first-order valence-electron chi connectivity index (χ1n) is 11.0. The molecule has 6 heteroatoms. The summed E-state index contributed by atoms with van der Waals surface area (Å²) in [6.45, 7) is 6.44. The molecule has 3 atom stereocenters. The van der Waals surface area contributed by atoms with Crippen molar-refractivity contribution >= 4 is 11.8 Å². The Hall–Kier alpha value is -3.41. The van der Waals surface area contributed by atoms with Crippen molar-refractivity contribution in [3.8, 4) is 5.75 Å². The average Bonchev–Trinajstić information content (AvgIpc) is 2.82. The summed E-state index contributed by atoms with van der Waals surface area (Å²) < 4.78 is 10.7. The summed E-state index contributed by atoms with van der Waals surface area (Å²) in [5, 5.41) is 3.30. The number of esters is 1. The standard InChI is InChI=1S/C26H28N2O4/c1-4-13-32-26(30)23-16(2)28-21-14-19(17-5-7-20(31-3)8-6-17)15-22(29)25(21)24(23)18-9-11-27-12-10-18/h5-12,19,23-24,28H,2,4,13-15H2,1,3H3. The van der Waals surface area contributed by atoms with E-state index in [1.54, 1.807) is 19.5 Å². The summed E-state index contributed by atoms with van der Waals surface area (Å²) >= 11 is 0. The maximum Gasteiger partial charge on any atom is 0.315 e. The number of allylic oxidation sites excluding steroid dienone is 2. The van der Waals surface area contributed by atoms with Crippen LogP contribution in [0.1, 0.15) is 49.1 Å². The number of methoxy groups -OCH3 is 1. The van der Waals surface area contributed by atoms with Crippen LogP contribution in [-0.2, 0) is 14.3 Å². The molecule has 0 saturated heterocycles. The molecule has 166 valence electrons. The molecule has 0 radical (unpaired) electrons. The summed E-state index contributed by atoms with van der Waals surface area (Å²) in [6, 6.07) is 11.6. The fourth-order valence-electron chi connectivity index (χ4n) is 4.66. The number of aromatic nitrogens is 1. The van der Waals surface area contributed by atoms with Crippen molar-refractivity contribution in [1.82, 2.24) is 10.3 Å². The third-order valence-electron chi connectivity index (χ3n) is 6.19. The number of nitrogens with one attached hydrogen (secondary N) is 1. The van der Waals surface area contributed by atoms with E-state index in [9.17, 15) is 9.59 Å². The molecule has 1 aliphatic heterocycles. The predicted molar refractivity (Wildman–Crippen MR) is 121 cm³/mol. The van der Waals surface area contributed by atoms with Crippen molar-refractivity contribution in [2.24, 2.45) is 5.92 Å². The molecule has 1 aromatic carbocycles. The molecule has 2 aromatic rings. The van der Waals surface area contributed by atoms with Gasteiger partial charge >= 0.3 is 5.97 Å². The molecular formula is C26H28N2O4. The number of hydrogen-bond acceptors (Lipinski definition) is 6. The van der Waals surface area contributed by atoms with Gasteiger partial charge in [0.15, 0.2) is 5.78 Å². The van der Waals surface area contributed by atoms with Gasteiger partial charge in [0.2, 0.25) is 0 Å². The third kappa shape index (κ3) is 4.17. The van der Waals surface area contributed by atoms with E-state index in [4.69, 9.17) is 9.47 Å². The first-order chi connectivity index (χ1) is 15.5. The highest BCUT2D eigenvalue weighted by atomic mass is 16.5. The Morgan fingerprint density at radius 1 is 1.12 bits per heavy atom. The number of carbonyl (C=O) groups is 2. The SMILES string of the molecule is C=C1NC2=C(C(=O)CC(c3ccc(OC)cc3)C2)C(c2ccncc2)C1C(=O)OCCC. The van der Waals surface area contributed by atoms with Crippen LogP contribution in [0.25, 0.3) is 0 Å². The van der Waals surface area contributed by atoms with Crippen LogP contribution in [-0.4, -0.2) is 30.5 Å². The van der Waals surface area contributed by atoms with Gasteiger partial charge in [0, 0.05) is 41.7 Å². The van der Waals surface area contributed by atoms with E-state index in [2.05, 4.69) is 16.9 Å². The lowest BCUT2D eigenvalue weighted by Crippen LogP contribution is -2.42. The molecule has 3 unspecified atom stereocenters. The number of ketones is 1. The molecule has 0 fully saturated rings. The first kappa shape index (κ1) is 21.8. The molecule has 32 heavy (non-hydrogen) atoms. The smallest absolute Gasteiger partial charge is 0.315 e. The highest BCUT2D eigenvalue weighted by Crippen LogP contribution is 2.47. The zero-order chi connectivity index (χ0) is 22.7. The van der Waals surface area contributed by atoms with Crippen molar-refractivity contribution < 1.29 is 19.1 Å². The average molecular weight is 433 g/mol. The topological polar surface area (TPSA) is 77.5 Å². The van der Waals surface area contributed by atoms with Crippen molar-refractivity contribution in [2.75, 3.05) is 13.7 Å². The Labute approximate surface area is 188 Å². The molecule has 6 nitrogen and oxygen atoms in total. The molecule has 2 aliphatic rings. The minimum Gasteiger partial charge on any atom is -0.497 e. The van der Waals surface area contributed by atoms with E-state index in [-0.39, 0.29) is 17.7 Å². The van der Waals surface area contributed by atoms with Crippen LogP contribution in [0.5, 0.6) is 5.75 Å². The Bertz CT molecular complexity index is 1040. The quantitative estimate of drug-likeness (QED) is 0.688. The van der Waals surface area contributed by atoms with Crippen LogP contribution in [0.3, 0.4) is 0 Å². The highest BCUT2D eigenvalue weighted by molar-refractivity contribution is 6.01. The monoisotopic (exact) mass is 432 g/mol. The van der Waals surface area contributed by atoms with Gasteiger partial charge in [-0.1, -0.05) is 25.6 Å². The van der Waals surface area contributed by atoms with Crippen molar-refractivity contribution in [1.29, 1.82) is 0 Å². The Kier molecular flexibility index (Phi) is 6.40. The summed E-state index contributed by atoms with van der Waals surface area (Å²) in [6.07, 6.45) is 5.15. The largest absolute Gasteiger partial charge is 0.497 e. The molecule has 0 saturated carbocycles. The summed E-state index contributed by atoms with van der Waals surface area (Å²) in [7, 11) is 1.63. The lowest BCUT2D eigenvalue weighted by atomic mass is 9.69. The molecule has 2 heterocycles. The van der Waals surface area contributed by atoms with E-state index in [0.717, 1.165) is 29.0 Å². The number of ether oxygens (including phenoxy) is 2. The second-order valence-corrected chi connectivity index (χ2v) is 8.25. The molecule has 0 bridgehead atoms. The summed E-state index contributed by atoms with van der Waals surface area (Å²) in [5.74, 6) is -0.579. The fourth-order valence-corrected chi connectivity index (χ4v) is 4.66. The van der Waals surface area contributed by atoms with Crippen LogP contribution in [0.15, 0.2) is 72.3 Å². The van der Waals surface area contributed by atoms with Crippen LogP contribution < -0.4 is 10.1 Å². The second-order valence-electron chi connectivity index (χ2n) is 8.25. The molecule has 0 amide bonds. The predicted octanol–water partition coefficient (Wildman–Crippen LogP) is 4.26. The third-order valence-corrected chi connectivity index (χ3v) is 6.19. The zero-order valence-electron chi connectivity index (χ0n) is 18.5. The molecule has 0 spiro atoms. The van der Waals surface area contributed by atoms with Crippen molar-refractivity contribution in [3.05, 3.63) is 83.5 Å². The normalized spacial score (nSPS) is 22.8. The number of hydrogen-bond donors (Lipinski definition) is 1. The van der Waals surface area contributed by atoms with Crippen molar-refractivity contribution in [2.45, 2.75) is 38.0 Å². The van der Waals surface area contributed by atoms with E-state index in [1.807, 2.05) is 43.3 Å². The number of Topliss-reactive ketones (excluding diaryl/α,β-unsaturated/α-hetero) is 1. The molecule has 4 rings (SSSR count). The van der Waals surface area contributed by atoms with Crippen LogP contribution in [0.4, 0.5) is 0 Å². The number of benzene rings is 1. The van der Waals surface area contributed by atoms with Crippen LogP contribution >= 0.6 is 0 Å².